The Morgan fingerprint density at radius 2 is 1.79 bits per heavy atom. The van der Waals surface area contributed by atoms with Gasteiger partial charge in [-0.2, -0.15) is 0 Å². The molecule has 0 bridgehead atoms. The fourth-order valence-corrected chi connectivity index (χ4v) is 7.10. The molecule has 0 saturated carbocycles. The molecule has 1 aliphatic rings. The van der Waals surface area contributed by atoms with E-state index in [2.05, 4.69) is 4.98 Å². The molecule has 2 heterocycles. The van der Waals surface area contributed by atoms with E-state index in [9.17, 15) is 38.3 Å². The van der Waals surface area contributed by atoms with Crippen LogP contribution in [0.25, 0.3) is 5.76 Å². The number of nitrogens with zero attached hydrogens (tertiary/aromatic N) is 3. The topological polar surface area (TPSA) is 177 Å². The van der Waals surface area contributed by atoms with Crippen LogP contribution < -0.4 is 9.64 Å². The maximum Gasteiger partial charge on any atom is 0.301 e. The van der Waals surface area contributed by atoms with Crippen LogP contribution in [0, 0.1) is 10.1 Å². The molecule has 43 heavy (non-hydrogen) atoms. The lowest BCUT2D eigenvalue weighted by atomic mass is 9.95. The molecule has 12 nitrogen and oxygen atoms in total. The minimum absolute atomic E-state index is 0.0534. The maximum atomic E-state index is 13.5. The number of thiazole rings is 1. The van der Waals surface area contributed by atoms with Gasteiger partial charge in [-0.05, 0) is 61.0 Å². The SMILES string of the molecule is CCOc1cc([C@@H]2C(=C(O)c3ccc(Cl)cc3)C(=O)C(=O)N2c2ncc(S(=O)(=O)c3ccc([N+](=O)[O-])cc3)s2)ccc1O. The largest absolute Gasteiger partial charge is 0.507 e. The number of phenols is 1. The van der Waals surface area contributed by atoms with Crippen molar-refractivity contribution in [3.05, 3.63) is 105 Å². The molecule has 0 unspecified atom stereocenters. The summed E-state index contributed by atoms with van der Waals surface area (Å²) in [7, 11) is -4.22. The highest BCUT2D eigenvalue weighted by Crippen LogP contribution is 2.45. The third-order valence-corrected chi connectivity index (χ3v) is 9.94. The van der Waals surface area contributed by atoms with Crippen LogP contribution in [0.1, 0.15) is 24.1 Å². The number of ketones is 1. The number of Topliss-reactive ketones (excluding diaryl/α,β-unsaturated/α-hetero) is 1. The molecule has 0 aliphatic carbocycles. The van der Waals surface area contributed by atoms with Gasteiger partial charge in [-0.3, -0.25) is 24.6 Å². The number of carbonyl (C=O) groups excluding carboxylic acids is 2. The van der Waals surface area contributed by atoms with E-state index < -0.39 is 38.3 Å². The Balaban J connectivity index is 1.65. The van der Waals surface area contributed by atoms with Gasteiger partial charge >= 0.3 is 5.91 Å². The molecular formula is C28H20ClN3O9S2. The van der Waals surface area contributed by atoms with Crippen molar-refractivity contribution in [2.45, 2.75) is 22.1 Å². The number of nitro groups is 1. The summed E-state index contributed by atoms with van der Waals surface area (Å²) >= 11 is 6.57. The van der Waals surface area contributed by atoms with Gasteiger partial charge in [0.2, 0.25) is 9.84 Å². The monoisotopic (exact) mass is 641 g/mol. The Hall–Kier alpha value is -4.79. The summed E-state index contributed by atoms with van der Waals surface area (Å²) in [6.45, 7) is 1.89. The van der Waals surface area contributed by atoms with Gasteiger partial charge in [0.1, 0.15) is 9.97 Å². The minimum atomic E-state index is -4.22. The van der Waals surface area contributed by atoms with Gasteiger partial charge in [0.15, 0.2) is 16.6 Å². The second-order valence-electron chi connectivity index (χ2n) is 9.05. The highest BCUT2D eigenvalue weighted by molar-refractivity contribution is 7.93. The lowest BCUT2D eigenvalue weighted by Crippen LogP contribution is -2.29. The summed E-state index contributed by atoms with van der Waals surface area (Å²) in [5.41, 5.74) is -0.161. The number of carbonyl (C=O) groups is 2. The van der Waals surface area contributed by atoms with Crippen LogP contribution in [0.3, 0.4) is 0 Å². The van der Waals surface area contributed by atoms with Crippen LogP contribution in [-0.4, -0.2) is 46.8 Å². The first kappa shape index (κ1) is 29.7. The van der Waals surface area contributed by atoms with E-state index in [4.69, 9.17) is 16.3 Å². The number of amides is 1. The van der Waals surface area contributed by atoms with Crippen molar-refractivity contribution in [1.82, 2.24) is 4.98 Å². The van der Waals surface area contributed by atoms with E-state index in [1.807, 2.05) is 0 Å². The zero-order chi connectivity index (χ0) is 31.1. The molecule has 15 heteroatoms. The van der Waals surface area contributed by atoms with Crippen LogP contribution in [0.4, 0.5) is 10.8 Å². The van der Waals surface area contributed by atoms with Crippen molar-refractivity contribution in [1.29, 1.82) is 0 Å². The number of benzene rings is 3. The van der Waals surface area contributed by atoms with Crippen LogP contribution >= 0.6 is 22.9 Å². The zero-order valence-corrected chi connectivity index (χ0v) is 24.4. The maximum absolute atomic E-state index is 13.5. The number of hydrogen-bond acceptors (Lipinski definition) is 11. The third-order valence-electron chi connectivity index (χ3n) is 6.46. The highest BCUT2D eigenvalue weighted by Gasteiger charge is 2.48. The van der Waals surface area contributed by atoms with Gasteiger partial charge in [0, 0.05) is 22.7 Å². The predicted molar refractivity (Wildman–Crippen MR) is 156 cm³/mol. The average molecular weight is 642 g/mol. The number of aliphatic hydroxyl groups excluding tert-OH is 1. The molecule has 1 aromatic heterocycles. The Bertz CT molecular complexity index is 1900. The molecule has 0 radical (unpaired) electrons. The number of aromatic nitrogens is 1. The Labute approximate surface area is 253 Å². The summed E-state index contributed by atoms with van der Waals surface area (Å²) in [5, 5.41) is 32.7. The molecule has 3 aromatic carbocycles. The van der Waals surface area contributed by atoms with Gasteiger partial charge in [0.25, 0.3) is 11.5 Å². The standard InChI is InChI=1S/C28H20ClN3O9S2/c1-2-41-21-13-16(5-12-20(21)33)24-23(25(34)15-3-6-17(29)7-4-15)26(35)27(36)31(24)28-30-14-22(42-28)43(39,40)19-10-8-18(9-11-19)32(37)38/h3-14,24,33-34H,2H2,1H3/t24-/m1/s1. The number of aromatic hydroxyl groups is 1. The Kier molecular flexibility index (Phi) is 7.92. The summed E-state index contributed by atoms with van der Waals surface area (Å²) in [5.74, 6) is -2.80. The van der Waals surface area contributed by atoms with Crippen molar-refractivity contribution >= 4 is 61.0 Å². The zero-order valence-electron chi connectivity index (χ0n) is 22.0. The Morgan fingerprint density at radius 3 is 2.42 bits per heavy atom. The lowest BCUT2D eigenvalue weighted by molar-refractivity contribution is -0.384. The number of halogens is 1. The number of aliphatic hydroxyl groups is 1. The lowest BCUT2D eigenvalue weighted by Gasteiger charge is -2.23. The minimum Gasteiger partial charge on any atom is -0.507 e. The quantitative estimate of drug-likeness (QED) is 0.0847. The molecule has 1 aliphatic heterocycles. The van der Waals surface area contributed by atoms with E-state index >= 15 is 0 Å². The molecular weight excluding hydrogens is 622 g/mol. The van der Waals surface area contributed by atoms with E-state index in [0.717, 1.165) is 35.4 Å². The number of anilines is 1. The van der Waals surface area contributed by atoms with Crippen molar-refractivity contribution in [2.75, 3.05) is 11.5 Å². The summed E-state index contributed by atoms with van der Waals surface area (Å²) in [6.07, 6.45) is 1.01. The number of hydrogen-bond donors (Lipinski definition) is 2. The van der Waals surface area contributed by atoms with E-state index in [0.29, 0.717) is 16.4 Å². The van der Waals surface area contributed by atoms with Crippen molar-refractivity contribution in [3.63, 3.8) is 0 Å². The van der Waals surface area contributed by atoms with E-state index in [1.165, 1.54) is 42.5 Å². The van der Waals surface area contributed by atoms with Crippen LogP contribution in [0.2, 0.25) is 5.02 Å². The molecule has 1 fully saturated rings. The first-order valence-corrected chi connectivity index (χ1v) is 15.1. The number of nitro benzene ring substituents is 1. The van der Waals surface area contributed by atoms with Gasteiger partial charge < -0.3 is 14.9 Å². The number of rotatable bonds is 8. The first-order valence-electron chi connectivity index (χ1n) is 12.4. The first-order chi connectivity index (χ1) is 20.4. The van der Waals surface area contributed by atoms with Gasteiger partial charge in [-0.25, -0.2) is 13.4 Å². The third kappa shape index (κ3) is 5.43. The van der Waals surface area contributed by atoms with E-state index in [1.54, 1.807) is 6.92 Å². The average Bonchev–Trinajstić information content (AvgIpc) is 3.58. The second-order valence-corrected chi connectivity index (χ2v) is 12.7. The molecule has 220 valence electrons. The second kappa shape index (κ2) is 11.5. The summed E-state index contributed by atoms with van der Waals surface area (Å²) in [6, 6.07) is 13.0. The molecule has 1 amide bonds. The molecule has 2 N–H and O–H groups in total. The van der Waals surface area contributed by atoms with Crippen molar-refractivity contribution in [2.24, 2.45) is 0 Å². The number of ether oxygens (including phenoxy) is 1. The van der Waals surface area contributed by atoms with Crippen LogP contribution in [0.5, 0.6) is 11.5 Å². The smallest absolute Gasteiger partial charge is 0.301 e. The molecule has 0 spiro atoms. The summed E-state index contributed by atoms with van der Waals surface area (Å²) in [4.78, 5) is 42.1. The van der Waals surface area contributed by atoms with Crippen LogP contribution in [0.15, 0.2) is 87.6 Å². The van der Waals surface area contributed by atoms with Gasteiger partial charge in [0.05, 0.1) is 34.2 Å². The fourth-order valence-electron chi connectivity index (χ4n) is 4.43. The van der Waals surface area contributed by atoms with Gasteiger partial charge in [-0.1, -0.05) is 29.0 Å². The number of sulfone groups is 1. The molecule has 5 rings (SSSR count). The normalized spacial score (nSPS) is 16.4. The molecule has 1 atom stereocenters. The molecule has 1 saturated heterocycles. The highest BCUT2D eigenvalue weighted by atomic mass is 35.5. The summed E-state index contributed by atoms with van der Waals surface area (Å²) < 4.78 is 31.8. The van der Waals surface area contributed by atoms with Crippen LogP contribution in [-0.2, 0) is 19.4 Å². The van der Waals surface area contributed by atoms with Gasteiger partial charge in [-0.15, -0.1) is 0 Å². The van der Waals surface area contributed by atoms with Crippen molar-refractivity contribution in [3.8, 4) is 11.5 Å². The molecule has 4 aromatic rings. The van der Waals surface area contributed by atoms with Crippen molar-refractivity contribution < 1.29 is 37.9 Å². The predicted octanol–water partition coefficient (Wildman–Crippen LogP) is 5.27. The fraction of sp³-hybridized carbons (Fsp3) is 0.107. The van der Waals surface area contributed by atoms with E-state index in [-0.39, 0.29) is 54.7 Å². The number of phenolic OH excluding ortho intramolecular Hbond substituents is 1. The Morgan fingerprint density at radius 1 is 1.12 bits per heavy atom. The number of non-ortho nitro benzene ring substituents is 1.